The Labute approximate surface area is 106 Å². The van der Waals surface area contributed by atoms with E-state index in [1.165, 1.54) is 25.8 Å². The Hall–Kier alpha value is -0.560. The topological polar surface area (TPSA) is 12.0 Å². The number of hydrogen-bond acceptors (Lipinski definition) is 1. The zero-order valence-electron chi connectivity index (χ0n) is 11.8. The molecule has 0 bridgehead atoms. The van der Waals surface area contributed by atoms with E-state index in [0.29, 0.717) is 17.4 Å². The molecule has 2 rings (SSSR count). The van der Waals surface area contributed by atoms with E-state index in [0.717, 1.165) is 0 Å². The van der Waals surface area contributed by atoms with Gasteiger partial charge in [-0.3, -0.25) is 0 Å². The molecule has 2 aliphatic rings. The Morgan fingerprint density at radius 1 is 1.18 bits per heavy atom. The van der Waals surface area contributed by atoms with Crippen LogP contribution in [0.4, 0.5) is 0 Å². The normalized spacial score (nSPS) is 38.4. The highest BCUT2D eigenvalue weighted by Gasteiger charge is 2.44. The molecule has 1 fully saturated rings. The smallest absolute Gasteiger partial charge is 0.0161 e. The molecule has 17 heavy (non-hydrogen) atoms. The molecule has 3 atom stereocenters. The molecule has 0 aromatic heterocycles. The standard InChI is InChI=1S/C16H27N/c1-15(2,3)13-9-5-7-11-16(13,4)14-10-6-8-12-17-14/h5,7,9,11,13-14,17H,6,8,10,12H2,1-4H3/t13?,14-,16?/m1/s1. The van der Waals surface area contributed by atoms with Crippen LogP contribution in [0.3, 0.4) is 0 Å². The summed E-state index contributed by atoms with van der Waals surface area (Å²) < 4.78 is 0. The van der Waals surface area contributed by atoms with Crippen LogP contribution >= 0.6 is 0 Å². The lowest BCUT2D eigenvalue weighted by molar-refractivity contribution is 0.0981. The van der Waals surface area contributed by atoms with Gasteiger partial charge in [0.15, 0.2) is 0 Å². The van der Waals surface area contributed by atoms with Gasteiger partial charge in [0.1, 0.15) is 0 Å². The van der Waals surface area contributed by atoms with Gasteiger partial charge in [0, 0.05) is 11.5 Å². The van der Waals surface area contributed by atoms with E-state index in [4.69, 9.17) is 0 Å². The largest absolute Gasteiger partial charge is 0.313 e. The summed E-state index contributed by atoms with van der Waals surface area (Å²) in [7, 11) is 0. The van der Waals surface area contributed by atoms with E-state index in [1.54, 1.807) is 0 Å². The van der Waals surface area contributed by atoms with Crippen LogP contribution in [-0.2, 0) is 0 Å². The summed E-state index contributed by atoms with van der Waals surface area (Å²) >= 11 is 0. The summed E-state index contributed by atoms with van der Waals surface area (Å²) in [5.41, 5.74) is 0.600. The second kappa shape index (κ2) is 4.61. The van der Waals surface area contributed by atoms with E-state index >= 15 is 0 Å². The van der Waals surface area contributed by atoms with Crippen molar-refractivity contribution >= 4 is 0 Å². The van der Waals surface area contributed by atoms with E-state index in [1.807, 2.05) is 0 Å². The average Bonchev–Trinajstić information content (AvgIpc) is 2.29. The summed E-state index contributed by atoms with van der Waals surface area (Å²) in [5.74, 6) is 0.621. The van der Waals surface area contributed by atoms with Gasteiger partial charge in [-0.05, 0) is 30.7 Å². The Morgan fingerprint density at radius 2 is 1.94 bits per heavy atom. The predicted octanol–water partition coefficient (Wildman–Crippen LogP) is 3.92. The summed E-state index contributed by atoms with van der Waals surface area (Å²) in [4.78, 5) is 0. The van der Waals surface area contributed by atoms with Gasteiger partial charge in [0.2, 0.25) is 0 Å². The van der Waals surface area contributed by atoms with Gasteiger partial charge in [0.25, 0.3) is 0 Å². The fraction of sp³-hybridized carbons (Fsp3) is 0.750. The predicted molar refractivity (Wildman–Crippen MR) is 75.0 cm³/mol. The molecule has 0 spiro atoms. The Balaban J connectivity index is 2.25. The van der Waals surface area contributed by atoms with Crippen LogP contribution in [0.2, 0.25) is 0 Å². The van der Waals surface area contributed by atoms with Crippen molar-refractivity contribution in [2.75, 3.05) is 6.54 Å². The molecule has 0 radical (unpaired) electrons. The van der Waals surface area contributed by atoms with Crippen molar-refractivity contribution in [3.63, 3.8) is 0 Å². The third-order valence-electron chi connectivity index (χ3n) is 4.53. The van der Waals surface area contributed by atoms with Gasteiger partial charge in [-0.25, -0.2) is 0 Å². The molecule has 0 amide bonds. The monoisotopic (exact) mass is 233 g/mol. The molecule has 0 aromatic rings. The zero-order valence-corrected chi connectivity index (χ0v) is 11.8. The van der Waals surface area contributed by atoms with Gasteiger partial charge in [-0.2, -0.15) is 0 Å². The summed E-state index contributed by atoms with van der Waals surface area (Å²) in [6.45, 7) is 10.7. The van der Waals surface area contributed by atoms with Crippen LogP contribution in [0.1, 0.15) is 47.0 Å². The van der Waals surface area contributed by atoms with Gasteiger partial charge in [-0.15, -0.1) is 0 Å². The SMILES string of the molecule is CC(C)(C)C1C=CC=CC1(C)[C@H]1CCCCN1. The lowest BCUT2D eigenvalue weighted by Crippen LogP contribution is -2.51. The third kappa shape index (κ3) is 2.49. The first-order valence-electron chi connectivity index (χ1n) is 7.04. The van der Waals surface area contributed by atoms with Crippen molar-refractivity contribution in [1.29, 1.82) is 0 Å². The highest BCUT2D eigenvalue weighted by Crippen LogP contribution is 2.47. The summed E-state index contributed by atoms with van der Waals surface area (Å²) in [5, 5.41) is 3.75. The van der Waals surface area contributed by atoms with Gasteiger partial charge >= 0.3 is 0 Å². The molecule has 1 N–H and O–H groups in total. The van der Waals surface area contributed by atoms with Crippen LogP contribution in [0, 0.1) is 16.7 Å². The third-order valence-corrected chi connectivity index (χ3v) is 4.53. The van der Waals surface area contributed by atoms with Crippen LogP contribution < -0.4 is 5.32 Å². The minimum absolute atomic E-state index is 0.271. The molecule has 1 saturated heterocycles. The summed E-state index contributed by atoms with van der Waals surface area (Å²) in [6, 6.07) is 0.640. The van der Waals surface area contributed by atoms with Crippen LogP contribution in [0.15, 0.2) is 24.3 Å². The van der Waals surface area contributed by atoms with E-state index < -0.39 is 0 Å². The number of piperidine rings is 1. The van der Waals surface area contributed by atoms with Gasteiger partial charge < -0.3 is 5.32 Å². The van der Waals surface area contributed by atoms with Crippen molar-refractivity contribution in [2.24, 2.45) is 16.7 Å². The van der Waals surface area contributed by atoms with Crippen molar-refractivity contribution in [3.8, 4) is 0 Å². The average molecular weight is 233 g/mol. The number of hydrogen-bond donors (Lipinski definition) is 1. The second-order valence-electron chi connectivity index (χ2n) is 6.96. The summed E-state index contributed by atoms with van der Waals surface area (Å²) in [6.07, 6.45) is 13.3. The maximum absolute atomic E-state index is 3.75. The first-order valence-corrected chi connectivity index (χ1v) is 7.04. The van der Waals surface area contributed by atoms with E-state index in [9.17, 15) is 0 Å². The van der Waals surface area contributed by atoms with Gasteiger partial charge in [-0.1, -0.05) is 58.4 Å². The Bertz CT molecular complexity index is 315. The molecule has 0 aromatic carbocycles. The van der Waals surface area contributed by atoms with E-state index in [-0.39, 0.29) is 5.41 Å². The quantitative estimate of drug-likeness (QED) is 0.724. The lowest BCUT2D eigenvalue weighted by Gasteiger charge is -2.49. The molecular weight excluding hydrogens is 206 g/mol. The Kier molecular flexibility index (Phi) is 3.49. The van der Waals surface area contributed by atoms with Crippen molar-refractivity contribution in [2.45, 2.75) is 53.0 Å². The van der Waals surface area contributed by atoms with E-state index in [2.05, 4.69) is 57.3 Å². The number of rotatable bonds is 1. The second-order valence-corrected chi connectivity index (χ2v) is 6.96. The molecule has 2 unspecified atom stereocenters. The maximum atomic E-state index is 3.75. The molecule has 1 heterocycles. The molecule has 1 heteroatoms. The first-order chi connectivity index (χ1) is 7.94. The Morgan fingerprint density at radius 3 is 2.53 bits per heavy atom. The number of nitrogens with one attached hydrogen (secondary N) is 1. The highest BCUT2D eigenvalue weighted by molar-refractivity contribution is 5.23. The first kappa shape index (κ1) is 12.9. The van der Waals surface area contributed by atoms with Crippen LogP contribution in [-0.4, -0.2) is 12.6 Å². The molecule has 1 nitrogen and oxygen atoms in total. The zero-order chi connectivity index (χ0) is 12.5. The fourth-order valence-electron chi connectivity index (χ4n) is 3.69. The minimum atomic E-state index is 0.271. The highest BCUT2D eigenvalue weighted by atomic mass is 14.9. The number of allylic oxidation sites excluding steroid dienone is 3. The van der Waals surface area contributed by atoms with Crippen LogP contribution in [0.5, 0.6) is 0 Å². The molecule has 0 saturated carbocycles. The molecule has 1 aliphatic heterocycles. The van der Waals surface area contributed by atoms with Crippen molar-refractivity contribution in [3.05, 3.63) is 24.3 Å². The van der Waals surface area contributed by atoms with Crippen molar-refractivity contribution in [1.82, 2.24) is 5.32 Å². The molecule has 1 aliphatic carbocycles. The fourth-order valence-corrected chi connectivity index (χ4v) is 3.69. The maximum Gasteiger partial charge on any atom is 0.0161 e. The minimum Gasteiger partial charge on any atom is -0.313 e. The molecular formula is C16H27N. The van der Waals surface area contributed by atoms with Crippen LogP contribution in [0.25, 0.3) is 0 Å². The molecule has 96 valence electrons. The van der Waals surface area contributed by atoms with Gasteiger partial charge in [0.05, 0.1) is 0 Å². The lowest BCUT2D eigenvalue weighted by atomic mass is 9.59. The van der Waals surface area contributed by atoms with Crippen molar-refractivity contribution < 1.29 is 0 Å².